The van der Waals surface area contributed by atoms with Gasteiger partial charge < -0.3 is 18.8 Å². The van der Waals surface area contributed by atoms with Gasteiger partial charge in [-0.1, -0.05) is 23.2 Å². The minimum atomic E-state index is -4.24. The van der Waals surface area contributed by atoms with Crippen LogP contribution in [-0.2, 0) is 14.8 Å². The van der Waals surface area contributed by atoms with Crippen molar-refractivity contribution in [1.82, 2.24) is 9.99 Å². The Labute approximate surface area is 266 Å². The monoisotopic (exact) mass is 658 g/mol. The third-order valence-corrected chi connectivity index (χ3v) is 8.84. The van der Waals surface area contributed by atoms with Gasteiger partial charge in [0.15, 0.2) is 11.5 Å². The Bertz CT molecular complexity index is 1770. The molecule has 0 unspecified atom stereocenters. The van der Waals surface area contributed by atoms with Gasteiger partial charge in [-0.15, -0.1) is 0 Å². The van der Waals surface area contributed by atoms with Crippen LogP contribution >= 0.6 is 23.2 Å². The fraction of sp³-hybridized carbons (Fsp3) is 0.226. The standard InChI is InChI=1S/C31H32Cl2N4O6S/c1-6-43-27-9-7-25(8-10-27)36(44(39,40)28-11-12-29(41-4)30(17-28)42-5)19-31(38)35-34-18-22-13-20(2)37(21(22)3)26-15-23(32)14-24(33)16-26/h7-18H,6,19H2,1-5H3,(H,35,38)/b34-18-. The van der Waals surface area contributed by atoms with Crippen molar-refractivity contribution in [1.29, 1.82) is 0 Å². The molecular formula is C31H32Cl2N4O6S. The smallest absolute Gasteiger partial charge is 0.264 e. The molecule has 0 aliphatic heterocycles. The van der Waals surface area contributed by atoms with E-state index in [1.807, 2.05) is 31.4 Å². The number of hydrogen-bond acceptors (Lipinski definition) is 7. The number of aromatic nitrogens is 1. The zero-order chi connectivity index (χ0) is 32.0. The van der Waals surface area contributed by atoms with E-state index in [0.717, 1.165) is 26.9 Å². The van der Waals surface area contributed by atoms with Crippen LogP contribution in [0.4, 0.5) is 5.69 Å². The highest BCUT2D eigenvalue weighted by Gasteiger charge is 2.28. The summed E-state index contributed by atoms with van der Waals surface area (Å²) in [6.07, 6.45) is 1.49. The molecule has 0 saturated carbocycles. The molecule has 10 nitrogen and oxygen atoms in total. The largest absolute Gasteiger partial charge is 0.494 e. The number of halogens is 2. The maximum atomic E-state index is 13.9. The first kappa shape index (κ1) is 32.7. The van der Waals surface area contributed by atoms with Gasteiger partial charge in [0.25, 0.3) is 15.9 Å². The molecule has 0 bridgehead atoms. The number of ether oxygens (including phenoxy) is 3. The van der Waals surface area contributed by atoms with Gasteiger partial charge in [-0.25, -0.2) is 13.8 Å². The molecule has 1 amide bonds. The fourth-order valence-corrected chi connectivity index (χ4v) is 6.57. The molecule has 0 aliphatic rings. The van der Waals surface area contributed by atoms with Crippen LogP contribution < -0.4 is 23.9 Å². The molecule has 232 valence electrons. The van der Waals surface area contributed by atoms with Gasteiger partial charge in [0.2, 0.25) is 0 Å². The van der Waals surface area contributed by atoms with Crippen molar-refractivity contribution in [3.8, 4) is 22.9 Å². The molecule has 1 N–H and O–H groups in total. The Morgan fingerprint density at radius 2 is 1.61 bits per heavy atom. The number of nitrogens with one attached hydrogen (secondary N) is 1. The first-order chi connectivity index (χ1) is 21.0. The van der Waals surface area contributed by atoms with Crippen molar-refractivity contribution in [2.45, 2.75) is 25.7 Å². The van der Waals surface area contributed by atoms with Crippen LogP contribution in [0, 0.1) is 13.8 Å². The fourth-order valence-electron chi connectivity index (χ4n) is 4.62. The molecule has 1 aromatic heterocycles. The third kappa shape index (κ3) is 7.29. The lowest BCUT2D eigenvalue weighted by atomic mass is 10.2. The summed E-state index contributed by atoms with van der Waals surface area (Å²) >= 11 is 12.4. The Hall–Kier alpha value is -4.19. The van der Waals surface area contributed by atoms with Crippen molar-refractivity contribution < 1.29 is 27.4 Å². The number of aryl methyl sites for hydroxylation is 1. The first-order valence-electron chi connectivity index (χ1n) is 13.4. The minimum absolute atomic E-state index is 0.0890. The summed E-state index contributed by atoms with van der Waals surface area (Å²) in [4.78, 5) is 13.0. The molecule has 3 aromatic carbocycles. The first-order valence-corrected chi connectivity index (χ1v) is 15.6. The lowest BCUT2D eigenvalue weighted by Gasteiger charge is -2.24. The summed E-state index contributed by atoms with van der Waals surface area (Å²) < 4.78 is 46.7. The SMILES string of the molecule is CCOc1ccc(N(CC(=O)N/N=C\c2cc(C)n(-c3cc(Cl)cc(Cl)c3)c2C)S(=O)(=O)c2ccc(OC)c(OC)c2)cc1. The summed E-state index contributed by atoms with van der Waals surface area (Å²) in [5, 5.41) is 5.11. The third-order valence-electron chi connectivity index (χ3n) is 6.63. The van der Waals surface area contributed by atoms with E-state index >= 15 is 0 Å². The van der Waals surface area contributed by atoms with E-state index in [1.165, 1.54) is 38.6 Å². The number of benzene rings is 3. The van der Waals surface area contributed by atoms with Crippen molar-refractivity contribution in [3.63, 3.8) is 0 Å². The molecule has 13 heteroatoms. The predicted molar refractivity (Wildman–Crippen MR) is 173 cm³/mol. The van der Waals surface area contributed by atoms with Gasteiger partial charge in [-0.2, -0.15) is 5.10 Å². The Morgan fingerprint density at radius 3 is 2.23 bits per heavy atom. The molecule has 0 radical (unpaired) electrons. The maximum absolute atomic E-state index is 13.9. The molecule has 0 fully saturated rings. The van der Waals surface area contributed by atoms with Gasteiger partial charge in [0, 0.05) is 38.8 Å². The van der Waals surface area contributed by atoms with E-state index in [-0.39, 0.29) is 16.3 Å². The summed E-state index contributed by atoms with van der Waals surface area (Å²) in [6.45, 7) is 5.56. The molecule has 44 heavy (non-hydrogen) atoms. The summed E-state index contributed by atoms with van der Waals surface area (Å²) in [5.41, 5.74) is 5.96. The normalized spacial score (nSPS) is 11.4. The molecule has 0 spiro atoms. The number of anilines is 1. The van der Waals surface area contributed by atoms with Crippen LogP contribution in [0.3, 0.4) is 0 Å². The van der Waals surface area contributed by atoms with E-state index in [2.05, 4.69) is 10.5 Å². The van der Waals surface area contributed by atoms with Crippen LogP contribution in [0.15, 0.2) is 76.7 Å². The summed E-state index contributed by atoms with van der Waals surface area (Å²) in [7, 11) is -1.38. The predicted octanol–water partition coefficient (Wildman–Crippen LogP) is 6.16. The molecule has 4 aromatic rings. The zero-order valence-electron chi connectivity index (χ0n) is 24.8. The number of hydrazone groups is 1. The highest BCUT2D eigenvalue weighted by molar-refractivity contribution is 7.92. The van der Waals surface area contributed by atoms with Crippen LogP contribution in [0.2, 0.25) is 10.0 Å². The van der Waals surface area contributed by atoms with Crippen molar-refractivity contribution >= 4 is 51.0 Å². The Balaban J connectivity index is 1.60. The van der Waals surface area contributed by atoms with E-state index < -0.39 is 22.5 Å². The number of hydrogen-bond donors (Lipinski definition) is 1. The number of carbonyl (C=O) groups is 1. The number of nitrogens with zero attached hydrogens (tertiary/aromatic N) is 3. The van der Waals surface area contributed by atoms with Crippen LogP contribution in [0.5, 0.6) is 17.2 Å². The molecule has 0 aliphatic carbocycles. The number of methoxy groups -OCH3 is 2. The lowest BCUT2D eigenvalue weighted by molar-refractivity contribution is -0.119. The van der Waals surface area contributed by atoms with E-state index in [1.54, 1.807) is 42.5 Å². The molecule has 1 heterocycles. The highest BCUT2D eigenvalue weighted by Crippen LogP contribution is 2.33. The zero-order valence-corrected chi connectivity index (χ0v) is 27.1. The van der Waals surface area contributed by atoms with Crippen LogP contribution in [-0.4, -0.2) is 52.5 Å². The van der Waals surface area contributed by atoms with E-state index in [0.29, 0.717) is 28.2 Å². The number of amides is 1. The molecule has 4 rings (SSSR count). The van der Waals surface area contributed by atoms with Gasteiger partial charge >= 0.3 is 0 Å². The average molecular weight is 660 g/mol. The second-order valence-corrected chi connectivity index (χ2v) is 12.3. The average Bonchev–Trinajstić information content (AvgIpc) is 3.27. The van der Waals surface area contributed by atoms with Gasteiger partial charge in [0.05, 0.1) is 37.6 Å². The van der Waals surface area contributed by atoms with Crippen molar-refractivity contribution in [3.05, 3.63) is 93.7 Å². The van der Waals surface area contributed by atoms with Gasteiger partial charge in [-0.3, -0.25) is 9.10 Å². The van der Waals surface area contributed by atoms with Crippen LogP contribution in [0.25, 0.3) is 5.69 Å². The summed E-state index contributed by atoms with van der Waals surface area (Å²) in [5.74, 6) is 0.497. The minimum Gasteiger partial charge on any atom is -0.494 e. The second kappa shape index (κ2) is 14.1. The lowest BCUT2D eigenvalue weighted by Crippen LogP contribution is -2.39. The van der Waals surface area contributed by atoms with Gasteiger partial charge in [0.1, 0.15) is 12.3 Å². The highest BCUT2D eigenvalue weighted by atomic mass is 35.5. The molecular weight excluding hydrogens is 627 g/mol. The quantitative estimate of drug-likeness (QED) is 0.144. The Kier molecular flexibility index (Phi) is 10.5. The number of carbonyl (C=O) groups excluding carboxylic acids is 1. The summed E-state index contributed by atoms with van der Waals surface area (Å²) in [6, 6.07) is 17.8. The molecule has 0 saturated heterocycles. The number of rotatable bonds is 12. The van der Waals surface area contributed by atoms with E-state index in [4.69, 9.17) is 37.4 Å². The maximum Gasteiger partial charge on any atom is 0.264 e. The topological polar surface area (TPSA) is 111 Å². The second-order valence-electron chi connectivity index (χ2n) is 9.54. The molecule has 0 atom stereocenters. The number of sulfonamides is 1. The Morgan fingerprint density at radius 1 is 0.955 bits per heavy atom. The van der Waals surface area contributed by atoms with Crippen molar-refractivity contribution in [2.24, 2.45) is 5.10 Å². The van der Waals surface area contributed by atoms with E-state index in [9.17, 15) is 13.2 Å². The van der Waals surface area contributed by atoms with Gasteiger partial charge in [-0.05, 0) is 81.4 Å². The van der Waals surface area contributed by atoms with Crippen LogP contribution in [0.1, 0.15) is 23.9 Å². The van der Waals surface area contributed by atoms with Crippen molar-refractivity contribution in [2.75, 3.05) is 31.7 Å².